The van der Waals surface area contributed by atoms with E-state index in [-0.39, 0.29) is 0 Å². The highest BCUT2D eigenvalue weighted by Gasteiger charge is 2.70. The minimum absolute atomic E-state index is 0.539. The van der Waals surface area contributed by atoms with Crippen LogP contribution >= 0.6 is 11.6 Å². The van der Waals surface area contributed by atoms with Crippen molar-refractivity contribution in [2.24, 2.45) is 10.4 Å². The quantitative estimate of drug-likeness (QED) is 0.411. The van der Waals surface area contributed by atoms with Crippen molar-refractivity contribution in [3.8, 4) is 0 Å². The smallest absolute Gasteiger partial charge is 0.225 e. The Morgan fingerprint density at radius 3 is 1.97 bits per heavy atom. The van der Waals surface area contributed by atoms with Crippen molar-refractivity contribution in [1.82, 2.24) is 0 Å². The van der Waals surface area contributed by atoms with Gasteiger partial charge in [0.1, 0.15) is 5.76 Å². The number of benzene rings is 3. The zero-order valence-corrected chi connectivity index (χ0v) is 19.1. The van der Waals surface area contributed by atoms with Gasteiger partial charge in [-0.25, -0.2) is 0 Å². The van der Waals surface area contributed by atoms with Crippen molar-refractivity contribution in [1.29, 1.82) is 0 Å². The lowest BCUT2D eigenvalue weighted by Gasteiger charge is -2.41. The molecule has 5 rings (SSSR count). The topological polar surface area (TPSA) is 21.6 Å². The van der Waals surface area contributed by atoms with Crippen molar-refractivity contribution in [3.05, 3.63) is 113 Å². The Balaban J connectivity index is 1.78. The van der Waals surface area contributed by atoms with Gasteiger partial charge in [0.25, 0.3) is 0 Å². The zero-order chi connectivity index (χ0) is 21.9. The summed E-state index contributed by atoms with van der Waals surface area (Å²) in [6.07, 6.45) is 2.13. The molecule has 2 atom stereocenters. The van der Waals surface area contributed by atoms with E-state index in [9.17, 15) is 0 Å². The first-order chi connectivity index (χ1) is 14.8. The molecule has 0 bridgehead atoms. The Morgan fingerprint density at radius 2 is 1.35 bits per heavy atom. The number of nitrogens with zero attached hydrogens (tertiary/aromatic N) is 1. The van der Waals surface area contributed by atoms with Gasteiger partial charge >= 0.3 is 0 Å². The number of rotatable bonds is 3. The summed E-state index contributed by atoms with van der Waals surface area (Å²) in [6, 6.07) is 27.0. The molecule has 0 radical (unpaired) electrons. The second kappa shape index (κ2) is 6.83. The number of aryl methyl sites for hydroxylation is 2. The first kappa shape index (κ1) is 20.1. The van der Waals surface area contributed by atoms with Crippen LogP contribution in [0.15, 0.2) is 89.9 Å². The van der Waals surface area contributed by atoms with Gasteiger partial charge in [-0.2, -0.15) is 0 Å². The van der Waals surface area contributed by atoms with E-state index < -0.39 is 16.0 Å². The van der Waals surface area contributed by atoms with Gasteiger partial charge in [0.15, 0.2) is 5.54 Å². The lowest BCUT2D eigenvalue weighted by atomic mass is 9.72. The standard InChI is InChI=1S/C28H26ClNO/c1-19-15-20(2)17-22(16-19)24-18-27(23-13-9-6-10-14-23)28(29,31-24)26(3,4)25(30-27)21-11-7-5-8-12-21/h5-18H,1-4H3/t27-,28+/m1/s1. The monoisotopic (exact) mass is 427 g/mol. The van der Waals surface area contributed by atoms with Crippen molar-refractivity contribution >= 4 is 23.1 Å². The van der Waals surface area contributed by atoms with Gasteiger partial charge in [-0.15, -0.1) is 0 Å². The van der Waals surface area contributed by atoms with Gasteiger partial charge in [-0.05, 0) is 57.0 Å². The van der Waals surface area contributed by atoms with Crippen molar-refractivity contribution in [2.75, 3.05) is 0 Å². The van der Waals surface area contributed by atoms with Crippen molar-refractivity contribution < 1.29 is 4.74 Å². The van der Waals surface area contributed by atoms with E-state index in [1.165, 1.54) is 11.1 Å². The predicted octanol–water partition coefficient (Wildman–Crippen LogP) is 7.03. The maximum absolute atomic E-state index is 7.53. The number of hydrogen-bond acceptors (Lipinski definition) is 2. The van der Waals surface area contributed by atoms with Crippen LogP contribution in [-0.4, -0.2) is 10.8 Å². The summed E-state index contributed by atoms with van der Waals surface area (Å²) in [5, 5.41) is -1.08. The van der Waals surface area contributed by atoms with Crippen LogP contribution in [0.1, 0.15) is 41.7 Å². The normalized spacial score (nSPS) is 26.1. The van der Waals surface area contributed by atoms with Crippen LogP contribution in [0.2, 0.25) is 0 Å². The molecule has 0 aliphatic carbocycles. The molecule has 156 valence electrons. The molecule has 0 aromatic heterocycles. The van der Waals surface area contributed by atoms with Gasteiger partial charge in [-0.3, -0.25) is 4.99 Å². The maximum atomic E-state index is 7.53. The molecule has 0 spiro atoms. The number of aliphatic imine (C=N–C) groups is 1. The van der Waals surface area contributed by atoms with E-state index in [2.05, 4.69) is 76.2 Å². The molecule has 3 aromatic rings. The number of hydrogen-bond donors (Lipinski definition) is 0. The molecule has 0 fully saturated rings. The fraction of sp³-hybridized carbons (Fsp3) is 0.250. The van der Waals surface area contributed by atoms with Crippen LogP contribution in [0.4, 0.5) is 0 Å². The van der Waals surface area contributed by atoms with Gasteiger partial charge in [0.05, 0.1) is 11.1 Å². The van der Waals surface area contributed by atoms with E-state index in [0.29, 0.717) is 0 Å². The first-order valence-corrected chi connectivity index (χ1v) is 11.1. The van der Waals surface area contributed by atoms with Crippen LogP contribution < -0.4 is 0 Å². The van der Waals surface area contributed by atoms with Crippen LogP contribution in [0.3, 0.4) is 0 Å². The van der Waals surface area contributed by atoms with Crippen LogP contribution in [0.25, 0.3) is 5.76 Å². The molecule has 3 heteroatoms. The summed E-state index contributed by atoms with van der Waals surface area (Å²) in [4.78, 5) is 5.35. The second-order valence-electron chi connectivity index (χ2n) is 9.17. The average Bonchev–Trinajstić information content (AvgIpc) is 3.15. The summed E-state index contributed by atoms with van der Waals surface area (Å²) in [5.74, 6) is 0.787. The SMILES string of the molecule is Cc1cc(C)cc(C2=C[C@]3(c4ccccc4)N=C(c4ccccc4)C(C)(C)[C@]3(Cl)O2)c1. The largest absolute Gasteiger partial charge is 0.467 e. The molecule has 0 amide bonds. The first-order valence-electron chi connectivity index (χ1n) is 10.7. The lowest BCUT2D eigenvalue weighted by Crippen LogP contribution is -2.50. The van der Waals surface area contributed by atoms with E-state index in [0.717, 1.165) is 28.2 Å². The Bertz CT molecular complexity index is 1190. The average molecular weight is 428 g/mol. The summed E-state index contributed by atoms with van der Waals surface area (Å²) in [5.41, 5.74) is 5.13. The molecule has 0 saturated carbocycles. The molecule has 0 unspecified atom stereocenters. The Labute approximate surface area is 189 Å². The summed E-state index contributed by atoms with van der Waals surface area (Å²) in [6.45, 7) is 8.47. The van der Waals surface area contributed by atoms with E-state index in [4.69, 9.17) is 21.3 Å². The van der Waals surface area contributed by atoms with E-state index >= 15 is 0 Å². The molecule has 2 aliphatic heterocycles. The minimum atomic E-state index is -1.08. The Morgan fingerprint density at radius 1 is 0.774 bits per heavy atom. The Hall–Kier alpha value is -2.84. The lowest BCUT2D eigenvalue weighted by molar-refractivity contribution is 0.0329. The van der Waals surface area contributed by atoms with Crippen molar-refractivity contribution in [2.45, 2.75) is 38.3 Å². The second-order valence-corrected chi connectivity index (χ2v) is 9.70. The molecular weight excluding hydrogens is 402 g/mol. The number of ether oxygens (including phenoxy) is 1. The van der Waals surface area contributed by atoms with E-state index in [1.807, 2.05) is 36.4 Å². The number of halogens is 1. The number of alkyl halides is 1. The van der Waals surface area contributed by atoms with Gasteiger partial charge in [0.2, 0.25) is 5.06 Å². The molecule has 2 heterocycles. The fourth-order valence-electron chi connectivity index (χ4n) is 5.02. The third kappa shape index (κ3) is 2.81. The third-order valence-corrected chi connectivity index (χ3v) is 7.37. The minimum Gasteiger partial charge on any atom is -0.467 e. The van der Waals surface area contributed by atoms with E-state index in [1.54, 1.807) is 0 Å². The zero-order valence-electron chi connectivity index (χ0n) is 18.3. The van der Waals surface area contributed by atoms with Crippen molar-refractivity contribution in [3.63, 3.8) is 0 Å². The molecule has 31 heavy (non-hydrogen) atoms. The summed E-state index contributed by atoms with van der Waals surface area (Å²) >= 11 is 7.53. The van der Waals surface area contributed by atoms with Gasteiger partial charge in [-0.1, -0.05) is 89.5 Å². The predicted molar refractivity (Wildman–Crippen MR) is 128 cm³/mol. The third-order valence-electron chi connectivity index (χ3n) is 6.53. The van der Waals surface area contributed by atoms with Crippen LogP contribution in [-0.2, 0) is 10.3 Å². The summed E-state index contributed by atoms with van der Waals surface area (Å²) in [7, 11) is 0. The molecule has 2 aliphatic rings. The molecule has 2 nitrogen and oxygen atoms in total. The highest BCUT2D eigenvalue weighted by molar-refractivity contribution is 6.30. The highest BCUT2D eigenvalue weighted by atomic mass is 35.5. The molecule has 0 N–H and O–H groups in total. The maximum Gasteiger partial charge on any atom is 0.225 e. The number of fused-ring (bicyclic) bond motifs is 1. The van der Waals surface area contributed by atoms with Crippen LogP contribution in [0, 0.1) is 19.3 Å². The highest BCUT2D eigenvalue weighted by Crippen LogP contribution is 2.64. The Kier molecular flexibility index (Phi) is 4.43. The summed E-state index contributed by atoms with van der Waals surface area (Å²) < 4.78 is 6.71. The van der Waals surface area contributed by atoms with Crippen LogP contribution in [0.5, 0.6) is 0 Å². The molecule has 0 saturated heterocycles. The molecular formula is C28H26ClNO. The fourth-order valence-corrected chi connectivity index (χ4v) is 5.40. The molecule has 3 aromatic carbocycles. The van der Waals surface area contributed by atoms with Gasteiger partial charge < -0.3 is 4.74 Å². The van der Waals surface area contributed by atoms with Gasteiger partial charge in [0, 0.05) is 5.56 Å².